The summed E-state index contributed by atoms with van der Waals surface area (Å²) in [4.78, 5) is 25.2. The molecular weight excluding hydrogens is 441 g/mol. The van der Waals surface area contributed by atoms with E-state index in [-0.39, 0.29) is 22.8 Å². The minimum Gasteiger partial charge on any atom is -0.462 e. The van der Waals surface area contributed by atoms with Crippen molar-refractivity contribution in [2.75, 3.05) is 11.9 Å². The van der Waals surface area contributed by atoms with Gasteiger partial charge in [-0.2, -0.15) is 0 Å². The maximum atomic E-state index is 12.7. The number of carbonyl (C=O) groups excluding carboxylic acids is 2. The van der Waals surface area contributed by atoms with Crippen molar-refractivity contribution in [3.63, 3.8) is 0 Å². The van der Waals surface area contributed by atoms with Crippen LogP contribution < -0.4 is 5.32 Å². The first-order valence-corrected chi connectivity index (χ1v) is 10.2. The van der Waals surface area contributed by atoms with E-state index in [4.69, 9.17) is 39.5 Å². The molecule has 3 aromatic rings. The lowest BCUT2D eigenvalue weighted by atomic mass is 10.0. The number of carbonyl (C=O) groups is 2. The van der Waals surface area contributed by atoms with Crippen molar-refractivity contribution in [1.82, 2.24) is 0 Å². The van der Waals surface area contributed by atoms with E-state index < -0.39 is 11.9 Å². The highest BCUT2D eigenvalue weighted by Gasteiger charge is 2.23. The van der Waals surface area contributed by atoms with Crippen molar-refractivity contribution in [2.24, 2.45) is 0 Å². The number of hydrogen-bond acceptors (Lipinski definition) is 4. The van der Waals surface area contributed by atoms with Gasteiger partial charge in [0.15, 0.2) is 0 Å². The van der Waals surface area contributed by atoms with Gasteiger partial charge in [0.25, 0.3) is 5.91 Å². The topological polar surface area (TPSA) is 55.4 Å². The average Bonchev–Trinajstić information content (AvgIpc) is 3.06. The second kappa shape index (κ2) is 8.97. The molecule has 0 radical (unpaired) electrons. The highest BCUT2D eigenvalue weighted by atomic mass is 35.5. The summed E-state index contributed by atoms with van der Waals surface area (Å²) >= 11 is 19.2. The number of amides is 1. The molecule has 1 amide bonds. The first-order valence-electron chi connectivity index (χ1n) is 8.21. The Balaban J connectivity index is 1.99. The molecule has 144 valence electrons. The Morgan fingerprint density at radius 3 is 2.36 bits per heavy atom. The molecular formula is C20H14Cl3NO3S. The van der Waals surface area contributed by atoms with Crippen molar-refractivity contribution in [3.05, 3.63) is 74.0 Å². The first kappa shape index (κ1) is 20.7. The summed E-state index contributed by atoms with van der Waals surface area (Å²) in [5, 5.41) is 6.15. The third kappa shape index (κ3) is 4.50. The van der Waals surface area contributed by atoms with Gasteiger partial charge in [0.05, 0.1) is 17.2 Å². The maximum absolute atomic E-state index is 12.7. The minimum absolute atomic E-state index is 0.213. The number of esters is 1. The Bertz CT molecular complexity index is 1030. The van der Waals surface area contributed by atoms with Crippen LogP contribution in [0, 0.1) is 0 Å². The summed E-state index contributed by atoms with van der Waals surface area (Å²) in [6.07, 6.45) is 0. The average molecular weight is 455 g/mol. The molecule has 0 unspecified atom stereocenters. The quantitative estimate of drug-likeness (QED) is 0.431. The fourth-order valence-corrected chi connectivity index (χ4v) is 4.11. The van der Waals surface area contributed by atoms with Gasteiger partial charge < -0.3 is 10.1 Å². The normalized spacial score (nSPS) is 10.6. The van der Waals surface area contributed by atoms with Gasteiger partial charge in [0.1, 0.15) is 10.6 Å². The molecule has 0 spiro atoms. The van der Waals surface area contributed by atoms with Crippen molar-refractivity contribution >= 4 is 63.0 Å². The van der Waals surface area contributed by atoms with Crippen LogP contribution in [-0.4, -0.2) is 18.5 Å². The van der Waals surface area contributed by atoms with Crippen LogP contribution in [0.25, 0.3) is 11.1 Å². The fourth-order valence-electron chi connectivity index (χ4n) is 2.54. The van der Waals surface area contributed by atoms with E-state index in [1.54, 1.807) is 42.6 Å². The molecule has 8 heteroatoms. The molecule has 4 nitrogen and oxygen atoms in total. The van der Waals surface area contributed by atoms with Crippen LogP contribution in [-0.2, 0) is 4.74 Å². The van der Waals surface area contributed by atoms with Gasteiger partial charge in [-0.25, -0.2) is 4.79 Å². The zero-order chi connectivity index (χ0) is 20.3. The predicted molar refractivity (Wildman–Crippen MR) is 115 cm³/mol. The number of halogens is 3. The summed E-state index contributed by atoms with van der Waals surface area (Å²) in [7, 11) is 0. The maximum Gasteiger partial charge on any atom is 0.341 e. The molecule has 0 fully saturated rings. The summed E-state index contributed by atoms with van der Waals surface area (Å²) in [5.74, 6) is -0.970. The van der Waals surface area contributed by atoms with Crippen LogP contribution in [0.15, 0.2) is 47.8 Å². The molecule has 0 saturated carbocycles. The molecule has 2 aromatic carbocycles. The molecule has 0 saturated heterocycles. The number of ether oxygens (including phenoxy) is 1. The van der Waals surface area contributed by atoms with Gasteiger partial charge in [-0.1, -0.05) is 46.9 Å². The lowest BCUT2D eigenvalue weighted by Crippen LogP contribution is -2.15. The van der Waals surface area contributed by atoms with Gasteiger partial charge >= 0.3 is 5.97 Å². The van der Waals surface area contributed by atoms with Crippen molar-refractivity contribution in [3.8, 4) is 11.1 Å². The Kier molecular flexibility index (Phi) is 6.62. The summed E-state index contributed by atoms with van der Waals surface area (Å²) in [6.45, 7) is 1.93. The van der Waals surface area contributed by atoms with Gasteiger partial charge in [0.2, 0.25) is 0 Å². The minimum atomic E-state index is -0.522. The summed E-state index contributed by atoms with van der Waals surface area (Å²) in [6, 6.07) is 11.6. The van der Waals surface area contributed by atoms with Crippen LogP contribution in [0.5, 0.6) is 0 Å². The van der Waals surface area contributed by atoms with Gasteiger partial charge in [-0.05, 0) is 42.8 Å². The van der Waals surface area contributed by atoms with E-state index in [0.29, 0.717) is 20.6 Å². The van der Waals surface area contributed by atoms with Crippen LogP contribution in [0.1, 0.15) is 27.6 Å². The molecule has 1 heterocycles. The number of rotatable bonds is 5. The van der Waals surface area contributed by atoms with E-state index in [1.165, 1.54) is 23.5 Å². The van der Waals surface area contributed by atoms with E-state index in [2.05, 4.69) is 5.32 Å². The highest BCUT2D eigenvalue weighted by molar-refractivity contribution is 7.15. The number of benzene rings is 2. The van der Waals surface area contributed by atoms with Crippen LogP contribution in [0.4, 0.5) is 5.00 Å². The zero-order valence-electron chi connectivity index (χ0n) is 14.6. The molecule has 0 aliphatic heterocycles. The van der Waals surface area contributed by atoms with E-state index in [9.17, 15) is 9.59 Å². The van der Waals surface area contributed by atoms with E-state index in [1.807, 2.05) is 0 Å². The summed E-state index contributed by atoms with van der Waals surface area (Å²) in [5.41, 5.74) is 1.97. The lowest BCUT2D eigenvalue weighted by Gasteiger charge is -2.10. The van der Waals surface area contributed by atoms with Crippen LogP contribution in [0.3, 0.4) is 0 Å². The predicted octanol–water partition coefficient (Wildman–Crippen LogP) is 6.80. The largest absolute Gasteiger partial charge is 0.462 e. The Morgan fingerprint density at radius 2 is 1.71 bits per heavy atom. The molecule has 0 aliphatic carbocycles. The number of thiophene rings is 1. The fraction of sp³-hybridized carbons (Fsp3) is 0.100. The standard InChI is InChI=1S/C20H14Cl3NO3S/c1-2-27-20(26)17-15(11-3-5-12(21)6-4-11)10-28-19(17)24-18(25)14-8-7-13(22)9-16(14)23/h3-10H,2H2,1H3,(H,24,25). The second-order valence-corrected chi connectivity index (χ2v) is 7.82. The van der Waals surface area contributed by atoms with E-state index >= 15 is 0 Å². The smallest absolute Gasteiger partial charge is 0.341 e. The monoisotopic (exact) mass is 453 g/mol. The highest BCUT2D eigenvalue weighted by Crippen LogP contribution is 2.37. The summed E-state index contributed by atoms with van der Waals surface area (Å²) < 4.78 is 5.19. The molecule has 0 atom stereocenters. The Labute approximate surface area is 181 Å². The van der Waals surface area contributed by atoms with Gasteiger partial charge in [-0.15, -0.1) is 11.3 Å². The van der Waals surface area contributed by atoms with E-state index in [0.717, 1.165) is 5.56 Å². The lowest BCUT2D eigenvalue weighted by molar-refractivity contribution is 0.0529. The molecule has 0 aliphatic rings. The zero-order valence-corrected chi connectivity index (χ0v) is 17.7. The van der Waals surface area contributed by atoms with Gasteiger partial charge in [0, 0.05) is 21.0 Å². The number of hydrogen-bond donors (Lipinski definition) is 1. The Hall–Kier alpha value is -2.05. The second-order valence-electron chi connectivity index (χ2n) is 5.66. The molecule has 1 N–H and O–H groups in total. The molecule has 0 bridgehead atoms. The van der Waals surface area contributed by atoms with Crippen molar-refractivity contribution < 1.29 is 14.3 Å². The van der Waals surface area contributed by atoms with Crippen LogP contribution in [0.2, 0.25) is 15.1 Å². The Morgan fingerprint density at radius 1 is 1.04 bits per heavy atom. The number of nitrogens with one attached hydrogen (secondary N) is 1. The third-order valence-corrected chi connectivity index (χ3v) is 5.52. The van der Waals surface area contributed by atoms with Gasteiger partial charge in [-0.3, -0.25) is 4.79 Å². The SMILES string of the molecule is CCOC(=O)c1c(-c2ccc(Cl)cc2)csc1NC(=O)c1ccc(Cl)cc1Cl. The van der Waals surface area contributed by atoms with Crippen molar-refractivity contribution in [2.45, 2.75) is 6.92 Å². The van der Waals surface area contributed by atoms with Crippen molar-refractivity contribution in [1.29, 1.82) is 0 Å². The molecule has 28 heavy (non-hydrogen) atoms. The third-order valence-electron chi connectivity index (χ3n) is 3.83. The first-order chi connectivity index (χ1) is 13.4. The molecule has 3 rings (SSSR count). The van der Waals surface area contributed by atoms with Crippen LogP contribution >= 0.6 is 46.1 Å². The molecule has 1 aromatic heterocycles. The number of anilines is 1.